The van der Waals surface area contributed by atoms with E-state index in [0.717, 1.165) is 30.6 Å². The Balaban J connectivity index is 2.39. The summed E-state index contributed by atoms with van der Waals surface area (Å²) in [5.74, 6) is 0.131. The van der Waals surface area contributed by atoms with Crippen LogP contribution >= 0.6 is 0 Å². The van der Waals surface area contributed by atoms with Crippen molar-refractivity contribution in [2.45, 2.75) is 26.2 Å². The molecule has 1 heterocycles. The molecule has 1 aromatic carbocycles. The van der Waals surface area contributed by atoms with Gasteiger partial charge in [0.2, 0.25) is 5.91 Å². The molecule has 0 saturated carbocycles. The fraction of sp³-hybridized carbons (Fsp3) is 0.385. The van der Waals surface area contributed by atoms with Gasteiger partial charge < -0.3 is 4.90 Å². The number of benzene rings is 1. The standard InChI is InChI=1S/C13H14N2O/c1-10-5-6-12(11(8-10)9-14)15-7-3-2-4-13(15)16/h5-6,8H,2-4,7H2,1H3. The molecule has 0 unspecified atom stereocenters. The molecule has 1 fully saturated rings. The van der Waals surface area contributed by atoms with Crippen LogP contribution in [0, 0.1) is 18.3 Å². The number of hydrogen-bond donors (Lipinski definition) is 0. The Morgan fingerprint density at radius 2 is 2.19 bits per heavy atom. The third kappa shape index (κ3) is 1.92. The van der Waals surface area contributed by atoms with Gasteiger partial charge in [-0.05, 0) is 37.5 Å². The molecule has 3 heteroatoms. The molecule has 1 aliphatic rings. The van der Waals surface area contributed by atoms with Crippen LogP contribution in [0.1, 0.15) is 30.4 Å². The molecule has 0 bridgehead atoms. The van der Waals surface area contributed by atoms with E-state index < -0.39 is 0 Å². The lowest BCUT2D eigenvalue weighted by atomic mass is 10.1. The predicted molar refractivity (Wildman–Crippen MR) is 62.1 cm³/mol. The van der Waals surface area contributed by atoms with E-state index in [-0.39, 0.29) is 5.91 Å². The van der Waals surface area contributed by atoms with Gasteiger partial charge in [-0.1, -0.05) is 6.07 Å². The molecule has 0 atom stereocenters. The number of nitrogens with zero attached hydrogens (tertiary/aromatic N) is 2. The van der Waals surface area contributed by atoms with Crippen LogP contribution in [-0.2, 0) is 4.79 Å². The Labute approximate surface area is 95.3 Å². The smallest absolute Gasteiger partial charge is 0.227 e. The van der Waals surface area contributed by atoms with Crippen molar-refractivity contribution in [3.05, 3.63) is 29.3 Å². The summed E-state index contributed by atoms with van der Waals surface area (Å²) in [6.07, 6.45) is 2.58. The number of amides is 1. The highest BCUT2D eigenvalue weighted by Gasteiger charge is 2.21. The maximum absolute atomic E-state index is 11.8. The minimum Gasteiger partial charge on any atom is -0.311 e. The van der Waals surface area contributed by atoms with Gasteiger partial charge in [-0.25, -0.2) is 0 Å². The molecule has 3 nitrogen and oxygen atoms in total. The number of piperidine rings is 1. The average molecular weight is 214 g/mol. The Bertz CT molecular complexity index is 459. The van der Waals surface area contributed by atoms with Crippen molar-refractivity contribution in [2.75, 3.05) is 11.4 Å². The van der Waals surface area contributed by atoms with Gasteiger partial charge in [0.15, 0.2) is 0 Å². The molecular weight excluding hydrogens is 200 g/mol. The van der Waals surface area contributed by atoms with Gasteiger partial charge in [0.25, 0.3) is 0 Å². The highest BCUT2D eigenvalue weighted by Crippen LogP contribution is 2.25. The second kappa shape index (κ2) is 4.36. The largest absolute Gasteiger partial charge is 0.311 e. The number of aryl methyl sites for hydroxylation is 1. The Hall–Kier alpha value is -1.82. The summed E-state index contributed by atoms with van der Waals surface area (Å²) in [5.41, 5.74) is 2.40. The summed E-state index contributed by atoms with van der Waals surface area (Å²) in [5, 5.41) is 9.07. The summed E-state index contributed by atoms with van der Waals surface area (Å²) >= 11 is 0. The molecule has 0 N–H and O–H groups in total. The van der Waals surface area contributed by atoms with Crippen LogP contribution in [0.15, 0.2) is 18.2 Å². The highest BCUT2D eigenvalue weighted by atomic mass is 16.2. The van der Waals surface area contributed by atoms with Gasteiger partial charge in [0.05, 0.1) is 11.3 Å². The van der Waals surface area contributed by atoms with Crippen LogP contribution in [0.2, 0.25) is 0 Å². The predicted octanol–water partition coefficient (Wildman–Crippen LogP) is 2.38. The third-order valence-electron chi connectivity index (χ3n) is 2.89. The van der Waals surface area contributed by atoms with E-state index in [0.29, 0.717) is 12.0 Å². The van der Waals surface area contributed by atoms with Crippen LogP contribution in [0.25, 0.3) is 0 Å². The zero-order valence-corrected chi connectivity index (χ0v) is 9.36. The fourth-order valence-electron chi connectivity index (χ4n) is 2.04. The lowest BCUT2D eigenvalue weighted by Crippen LogP contribution is -2.35. The molecule has 0 radical (unpaired) electrons. The van der Waals surface area contributed by atoms with E-state index in [9.17, 15) is 4.79 Å². The molecule has 1 saturated heterocycles. The summed E-state index contributed by atoms with van der Waals surface area (Å²) in [4.78, 5) is 13.5. The van der Waals surface area contributed by atoms with Gasteiger partial charge in [0, 0.05) is 13.0 Å². The van der Waals surface area contributed by atoms with Crippen molar-refractivity contribution < 1.29 is 4.79 Å². The van der Waals surface area contributed by atoms with Crippen molar-refractivity contribution in [3.8, 4) is 6.07 Å². The zero-order valence-electron chi connectivity index (χ0n) is 9.36. The third-order valence-corrected chi connectivity index (χ3v) is 2.89. The van der Waals surface area contributed by atoms with Gasteiger partial charge >= 0.3 is 0 Å². The first-order valence-electron chi connectivity index (χ1n) is 5.53. The molecule has 2 rings (SSSR count). The first kappa shape index (κ1) is 10.7. The second-order valence-electron chi connectivity index (χ2n) is 4.13. The van der Waals surface area contributed by atoms with Crippen molar-refractivity contribution in [2.24, 2.45) is 0 Å². The van der Waals surface area contributed by atoms with E-state index >= 15 is 0 Å². The monoisotopic (exact) mass is 214 g/mol. The molecule has 16 heavy (non-hydrogen) atoms. The van der Waals surface area contributed by atoms with Crippen LogP contribution < -0.4 is 4.90 Å². The molecule has 0 aliphatic carbocycles. The van der Waals surface area contributed by atoms with E-state index in [2.05, 4.69) is 6.07 Å². The fourth-order valence-corrected chi connectivity index (χ4v) is 2.04. The van der Waals surface area contributed by atoms with Crippen LogP contribution in [0.4, 0.5) is 5.69 Å². The zero-order chi connectivity index (χ0) is 11.5. The number of rotatable bonds is 1. The van der Waals surface area contributed by atoms with Gasteiger partial charge in [0.1, 0.15) is 6.07 Å². The maximum atomic E-state index is 11.8. The number of carbonyl (C=O) groups excluding carboxylic acids is 1. The lowest BCUT2D eigenvalue weighted by Gasteiger charge is -2.27. The topological polar surface area (TPSA) is 44.1 Å². The van der Waals surface area contributed by atoms with E-state index in [1.807, 2.05) is 25.1 Å². The quantitative estimate of drug-likeness (QED) is 0.720. The molecule has 1 aliphatic heterocycles. The Morgan fingerprint density at radius 3 is 2.88 bits per heavy atom. The van der Waals surface area contributed by atoms with Crippen LogP contribution in [0.3, 0.4) is 0 Å². The molecule has 1 aromatic rings. The Morgan fingerprint density at radius 1 is 1.38 bits per heavy atom. The minimum absolute atomic E-state index is 0.131. The van der Waals surface area contributed by atoms with Crippen molar-refractivity contribution >= 4 is 11.6 Å². The van der Waals surface area contributed by atoms with Gasteiger partial charge in [-0.15, -0.1) is 0 Å². The normalized spacial score (nSPS) is 16.0. The second-order valence-corrected chi connectivity index (χ2v) is 4.13. The summed E-state index contributed by atoms with van der Waals surface area (Å²) in [6, 6.07) is 7.81. The highest BCUT2D eigenvalue weighted by molar-refractivity contribution is 5.95. The maximum Gasteiger partial charge on any atom is 0.227 e. The van der Waals surface area contributed by atoms with Crippen LogP contribution in [-0.4, -0.2) is 12.5 Å². The molecule has 0 aromatic heterocycles. The first-order valence-corrected chi connectivity index (χ1v) is 5.53. The number of anilines is 1. The van der Waals surface area contributed by atoms with Crippen molar-refractivity contribution in [1.82, 2.24) is 0 Å². The number of nitriles is 1. The van der Waals surface area contributed by atoms with Gasteiger partial charge in [-0.3, -0.25) is 4.79 Å². The first-order chi connectivity index (χ1) is 7.72. The molecule has 1 amide bonds. The summed E-state index contributed by atoms with van der Waals surface area (Å²) in [6.45, 7) is 2.68. The molecule has 0 spiro atoms. The lowest BCUT2D eigenvalue weighted by molar-refractivity contribution is -0.119. The molecular formula is C13H14N2O. The van der Waals surface area contributed by atoms with E-state index in [1.54, 1.807) is 4.90 Å². The number of carbonyl (C=O) groups is 1. The summed E-state index contributed by atoms with van der Waals surface area (Å²) < 4.78 is 0. The van der Waals surface area contributed by atoms with E-state index in [4.69, 9.17) is 5.26 Å². The number of hydrogen-bond acceptors (Lipinski definition) is 2. The molecule has 82 valence electrons. The van der Waals surface area contributed by atoms with Crippen molar-refractivity contribution in [1.29, 1.82) is 5.26 Å². The van der Waals surface area contributed by atoms with Gasteiger partial charge in [-0.2, -0.15) is 5.26 Å². The summed E-state index contributed by atoms with van der Waals surface area (Å²) in [7, 11) is 0. The van der Waals surface area contributed by atoms with E-state index in [1.165, 1.54) is 0 Å². The van der Waals surface area contributed by atoms with Crippen LogP contribution in [0.5, 0.6) is 0 Å². The SMILES string of the molecule is Cc1ccc(N2CCCCC2=O)c(C#N)c1. The van der Waals surface area contributed by atoms with Crippen molar-refractivity contribution in [3.63, 3.8) is 0 Å². The average Bonchev–Trinajstić information content (AvgIpc) is 2.30. The minimum atomic E-state index is 0.131. The Kier molecular flexibility index (Phi) is 2.91.